The summed E-state index contributed by atoms with van der Waals surface area (Å²) in [7, 11) is 0. The van der Waals surface area contributed by atoms with Gasteiger partial charge >= 0.3 is 0 Å². The number of carbonyl (C=O) groups is 2. The molecule has 0 saturated carbocycles. The first-order chi connectivity index (χ1) is 11.5. The number of rotatable bonds is 7. The molecule has 0 aliphatic carbocycles. The molecular weight excluding hydrogens is 324 g/mol. The SMILES string of the molecule is CCCOc1ccc(C(=O)Nc2sc(C)c(CC)c2C(N)=O)cc1. The lowest BCUT2D eigenvalue weighted by molar-refractivity contribution is 0.100. The highest BCUT2D eigenvalue weighted by atomic mass is 32.1. The highest BCUT2D eigenvalue weighted by molar-refractivity contribution is 7.16. The predicted molar refractivity (Wildman–Crippen MR) is 97.1 cm³/mol. The monoisotopic (exact) mass is 346 g/mol. The first-order valence-electron chi connectivity index (χ1n) is 7.94. The van der Waals surface area contributed by atoms with Crippen LogP contribution in [0.1, 0.15) is 51.4 Å². The molecule has 2 rings (SSSR count). The van der Waals surface area contributed by atoms with E-state index in [0.717, 1.165) is 22.6 Å². The minimum Gasteiger partial charge on any atom is -0.494 e. The lowest BCUT2D eigenvalue weighted by Crippen LogP contribution is -2.17. The van der Waals surface area contributed by atoms with Crippen molar-refractivity contribution in [3.8, 4) is 5.75 Å². The van der Waals surface area contributed by atoms with Crippen molar-refractivity contribution in [1.82, 2.24) is 0 Å². The van der Waals surface area contributed by atoms with Crippen molar-refractivity contribution in [1.29, 1.82) is 0 Å². The molecule has 0 aliphatic rings. The molecule has 128 valence electrons. The van der Waals surface area contributed by atoms with Crippen LogP contribution in [0.4, 0.5) is 5.00 Å². The number of thiophene rings is 1. The third-order valence-corrected chi connectivity index (χ3v) is 4.69. The van der Waals surface area contributed by atoms with Gasteiger partial charge in [-0.15, -0.1) is 11.3 Å². The van der Waals surface area contributed by atoms with Crippen molar-refractivity contribution < 1.29 is 14.3 Å². The van der Waals surface area contributed by atoms with Crippen LogP contribution in [0, 0.1) is 6.92 Å². The van der Waals surface area contributed by atoms with Crippen molar-refractivity contribution in [3.63, 3.8) is 0 Å². The van der Waals surface area contributed by atoms with Crippen LogP contribution in [-0.4, -0.2) is 18.4 Å². The maximum absolute atomic E-state index is 12.4. The van der Waals surface area contributed by atoms with E-state index in [1.807, 2.05) is 20.8 Å². The second kappa shape index (κ2) is 7.97. The summed E-state index contributed by atoms with van der Waals surface area (Å²) in [6.07, 6.45) is 1.62. The summed E-state index contributed by atoms with van der Waals surface area (Å²) in [4.78, 5) is 25.2. The van der Waals surface area contributed by atoms with Gasteiger partial charge in [0.2, 0.25) is 0 Å². The van der Waals surface area contributed by atoms with Crippen LogP contribution < -0.4 is 15.8 Å². The van der Waals surface area contributed by atoms with Gasteiger partial charge in [-0.2, -0.15) is 0 Å². The quantitative estimate of drug-likeness (QED) is 0.801. The number of benzene rings is 1. The van der Waals surface area contributed by atoms with Gasteiger partial charge in [0.15, 0.2) is 0 Å². The van der Waals surface area contributed by atoms with Gasteiger partial charge in [0.25, 0.3) is 11.8 Å². The molecule has 1 aromatic heterocycles. The fourth-order valence-corrected chi connectivity index (χ4v) is 3.60. The zero-order valence-corrected chi connectivity index (χ0v) is 15.0. The molecular formula is C18H22N2O3S. The summed E-state index contributed by atoms with van der Waals surface area (Å²) < 4.78 is 5.50. The fraction of sp³-hybridized carbons (Fsp3) is 0.333. The molecule has 0 radical (unpaired) electrons. The number of ether oxygens (including phenoxy) is 1. The minimum atomic E-state index is -0.519. The second-order valence-corrected chi connectivity index (χ2v) is 6.61. The van der Waals surface area contributed by atoms with Gasteiger partial charge in [0.05, 0.1) is 12.2 Å². The Morgan fingerprint density at radius 3 is 2.42 bits per heavy atom. The number of nitrogens with two attached hydrogens (primary N) is 1. The van der Waals surface area contributed by atoms with Gasteiger partial charge in [-0.05, 0) is 49.6 Å². The minimum absolute atomic E-state index is 0.275. The Balaban J connectivity index is 2.19. The van der Waals surface area contributed by atoms with Crippen molar-refractivity contribution in [2.75, 3.05) is 11.9 Å². The van der Waals surface area contributed by atoms with Crippen LogP contribution in [0.15, 0.2) is 24.3 Å². The Labute approximate surface area is 145 Å². The molecule has 1 heterocycles. The first-order valence-corrected chi connectivity index (χ1v) is 8.75. The van der Waals surface area contributed by atoms with Crippen molar-refractivity contribution in [2.24, 2.45) is 5.73 Å². The van der Waals surface area contributed by atoms with Gasteiger partial charge in [-0.25, -0.2) is 0 Å². The molecule has 5 nitrogen and oxygen atoms in total. The van der Waals surface area contributed by atoms with Gasteiger partial charge in [0.1, 0.15) is 10.8 Å². The Bertz CT molecular complexity index is 735. The summed E-state index contributed by atoms with van der Waals surface area (Å²) in [6.45, 7) is 6.56. The number of aryl methyl sites for hydroxylation is 1. The number of primary amides is 1. The van der Waals surface area contributed by atoms with Crippen molar-refractivity contribution in [3.05, 3.63) is 45.8 Å². The summed E-state index contributed by atoms with van der Waals surface area (Å²) in [5, 5.41) is 3.31. The maximum Gasteiger partial charge on any atom is 0.256 e. The first kappa shape index (κ1) is 18.0. The van der Waals surface area contributed by atoms with Crippen LogP contribution in [0.2, 0.25) is 0 Å². The number of amides is 2. The summed E-state index contributed by atoms with van der Waals surface area (Å²) in [5.41, 5.74) is 7.29. The highest BCUT2D eigenvalue weighted by Gasteiger charge is 2.20. The van der Waals surface area contributed by atoms with Crippen molar-refractivity contribution in [2.45, 2.75) is 33.6 Å². The highest BCUT2D eigenvalue weighted by Crippen LogP contribution is 2.33. The zero-order chi connectivity index (χ0) is 17.7. The molecule has 3 N–H and O–H groups in total. The average molecular weight is 346 g/mol. The Hall–Kier alpha value is -2.34. The van der Waals surface area contributed by atoms with E-state index in [1.165, 1.54) is 11.3 Å². The second-order valence-electron chi connectivity index (χ2n) is 5.39. The number of nitrogens with one attached hydrogen (secondary N) is 1. The largest absolute Gasteiger partial charge is 0.494 e. The normalized spacial score (nSPS) is 10.5. The Morgan fingerprint density at radius 1 is 1.21 bits per heavy atom. The number of anilines is 1. The fourth-order valence-electron chi connectivity index (χ4n) is 2.45. The molecule has 0 bridgehead atoms. The van der Waals surface area contributed by atoms with E-state index in [-0.39, 0.29) is 5.91 Å². The average Bonchev–Trinajstić information content (AvgIpc) is 2.88. The molecule has 2 amide bonds. The Kier molecular flexibility index (Phi) is 5.98. The molecule has 0 saturated heterocycles. The van der Waals surface area contributed by atoms with E-state index < -0.39 is 5.91 Å². The van der Waals surface area contributed by atoms with Gasteiger partial charge < -0.3 is 15.8 Å². The molecule has 0 aliphatic heterocycles. The molecule has 2 aromatic rings. The molecule has 0 atom stereocenters. The summed E-state index contributed by atoms with van der Waals surface area (Å²) in [6, 6.07) is 6.92. The van der Waals surface area contributed by atoms with E-state index in [2.05, 4.69) is 5.32 Å². The van der Waals surface area contributed by atoms with E-state index in [0.29, 0.717) is 29.2 Å². The third kappa shape index (κ3) is 3.94. The van der Waals surface area contributed by atoms with Crippen molar-refractivity contribution >= 4 is 28.2 Å². The lowest BCUT2D eigenvalue weighted by Gasteiger charge is -2.07. The topological polar surface area (TPSA) is 81.4 Å². The van der Waals surface area contributed by atoms with Crippen LogP contribution >= 0.6 is 11.3 Å². The third-order valence-electron chi connectivity index (χ3n) is 3.63. The summed E-state index contributed by atoms with van der Waals surface area (Å²) >= 11 is 1.37. The number of hydrogen-bond donors (Lipinski definition) is 2. The maximum atomic E-state index is 12.4. The van der Waals surface area contributed by atoms with Crippen LogP contribution in [0.5, 0.6) is 5.75 Å². The van der Waals surface area contributed by atoms with Crippen LogP contribution in [0.25, 0.3) is 0 Å². The molecule has 6 heteroatoms. The standard InChI is InChI=1S/C18H22N2O3S/c1-4-10-23-13-8-6-12(7-9-13)17(22)20-18-15(16(19)21)14(5-2)11(3)24-18/h6-9H,4-5,10H2,1-3H3,(H2,19,21)(H,20,22). The summed E-state index contributed by atoms with van der Waals surface area (Å²) in [5.74, 6) is -0.0651. The molecule has 0 fully saturated rings. The molecule has 1 aromatic carbocycles. The number of carbonyl (C=O) groups excluding carboxylic acids is 2. The van der Waals surface area contributed by atoms with Gasteiger partial charge in [-0.1, -0.05) is 13.8 Å². The van der Waals surface area contributed by atoms with E-state index in [9.17, 15) is 9.59 Å². The zero-order valence-electron chi connectivity index (χ0n) is 14.1. The number of hydrogen-bond acceptors (Lipinski definition) is 4. The molecule has 0 spiro atoms. The lowest BCUT2D eigenvalue weighted by atomic mass is 10.1. The van der Waals surface area contributed by atoms with Crippen LogP contribution in [-0.2, 0) is 6.42 Å². The van der Waals surface area contributed by atoms with Crippen LogP contribution in [0.3, 0.4) is 0 Å². The van der Waals surface area contributed by atoms with E-state index in [4.69, 9.17) is 10.5 Å². The smallest absolute Gasteiger partial charge is 0.256 e. The molecule has 24 heavy (non-hydrogen) atoms. The molecule has 0 unspecified atom stereocenters. The Morgan fingerprint density at radius 2 is 1.88 bits per heavy atom. The van der Waals surface area contributed by atoms with E-state index in [1.54, 1.807) is 24.3 Å². The predicted octanol–water partition coefficient (Wildman–Crippen LogP) is 3.76. The van der Waals surface area contributed by atoms with Gasteiger partial charge in [0, 0.05) is 10.4 Å². The van der Waals surface area contributed by atoms with E-state index >= 15 is 0 Å². The van der Waals surface area contributed by atoms with Gasteiger partial charge in [-0.3, -0.25) is 9.59 Å².